The molecule has 0 heterocycles. The molecule has 0 bridgehead atoms. The number of hydrogen-bond acceptors (Lipinski definition) is 3. The summed E-state index contributed by atoms with van der Waals surface area (Å²) < 4.78 is 0. The molecule has 0 aromatic rings. The third kappa shape index (κ3) is 4.74. The molecule has 1 fully saturated rings. The molecule has 1 saturated carbocycles. The van der Waals surface area contributed by atoms with Crippen LogP contribution in [0.2, 0.25) is 0 Å². The van der Waals surface area contributed by atoms with Crippen molar-refractivity contribution in [2.24, 2.45) is 29.4 Å². The first-order valence-electron chi connectivity index (χ1n) is 7.93. The molecule has 1 aliphatic rings. The summed E-state index contributed by atoms with van der Waals surface area (Å²) in [4.78, 5) is 14.7. The Kier molecular flexibility index (Phi) is 6.46. The van der Waals surface area contributed by atoms with Gasteiger partial charge in [-0.15, -0.1) is 0 Å². The molecule has 0 aliphatic heterocycles. The van der Waals surface area contributed by atoms with Crippen molar-refractivity contribution in [1.82, 2.24) is 10.2 Å². The van der Waals surface area contributed by atoms with Crippen LogP contribution < -0.4 is 11.1 Å². The molecule has 20 heavy (non-hydrogen) atoms. The van der Waals surface area contributed by atoms with Crippen LogP contribution in [0.3, 0.4) is 0 Å². The summed E-state index contributed by atoms with van der Waals surface area (Å²) in [5.41, 5.74) is 6.15. The first-order chi connectivity index (χ1) is 9.22. The third-order valence-corrected chi connectivity index (χ3v) is 4.72. The van der Waals surface area contributed by atoms with E-state index in [1.54, 1.807) is 0 Å². The molecule has 5 atom stereocenters. The minimum absolute atomic E-state index is 0.0737. The van der Waals surface area contributed by atoms with Crippen molar-refractivity contribution in [3.8, 4) is 0 Å². The Balaban J connectivity index is 2.64. The zero-order valence-electron chi connectivity index (χ0n) is 14.0. The third-order valence-electron chi connectivity index (χ3n) is 4.72. The van der Waals surface area contributed by atoms with E-state index < -0.39 is 0 Å². The highest BCUT2D eigenvalue weighted by atomic mass is 16.2. The summed E-state index contributed by atoms with van der Waals surface area (Å²) in [6.45, 7) is 9.58. The molecule has 0 radical (unpaired) electrons. The lowest BCUT2D eigenvalue weighted by atomic mass is 9.72. The average molecular weight is 283 g/mol. The van der Waals surface area contributed by atoms with Crippen molar-refractivity contribution in [2.75, 3.05) is 20.6 Å². The van der Waals surface area contributed by atoms with Crippen LogP contribution in [0.5, 0.6) is 0 Å². The van der Waals surface area contributed by atoms with E-state index in [9.17, 15) is 4.79 Å². The molecule has 1 rings (SSSR count). The van der Waals surface area contributed by atoms with Gasteiger partial charge in [0.1, 0.15) is 0 Å². The van der Waals surface area contributed by atoms with Gasteiger partial charge < -0.3 is 16.0 Å². The van der Waals surface area contributed by atoms with Gasteiger partial charge in [0.2, 0.25) is 5.91 Å². The molecule has 4 heteroatoms. The fraction of sp³-hybridized carbons (Fsp3) is 0.938. The van der Waals surface area contributed by atoms with E-state index in [0.29, 0.717) is 17.8 Å². The number of rotatable bonds is 5. The van der Waals surface area contributed by atoms with Gasteiger partial charge in [0.05, 0.1) is 0 Å². The van der Waals surface area contributed by atoms with E-state index in [-0.39, 0.29) is 23.9 Å². The fourth-order valence-corrected chi connectivity index (χ4v) is 3.16. The summed E-state index contributed by atoms with van der Waals surface area (Å²) >= 11 is 0. The summed E-state index contributed by atoms with van der Waals surface area (Å²) in [6, 6.07) is 0.369. The van der Waals surface area contributed by atoms with Crippen LogP contribution in [0, 0.1) is 23.7 Å². The smallest absolute Gasteiger partial charge is 0.223 e. The van der Waals surface area contributed by atoms with Crippen LogP contribution in [-0.2, 0) is 4.79 Å². The Morgan fingerprint density at radius 1 is 1.25 bits per heavy atom. The molecule has 0 aromatic carbocycles. The van der Waals surface area contributed by atoms with Gasteiger partial charge >= 0.3 is 0 Å². The zero-order chi connectivity index (χ0) is 15.4. The molecule has 4 nitrogen and oxygen atoms in total. The lowest BCUT2D eigenvalue weighted by Crippen LogP contribution is -2.51. The van der Waals surface area contributed by atoms with Crippen LogP contribution >= 0.6 is 0 Å². The monoisotopic (exact) mass is 283 g/mol. The summed E-state index contributed by atoms with van der Waals surface area (Å²) in [7, 11) is 4.09. The van der Waals surface area contributed by atoms with Gasteiger partial charge in [-0.2, -0.15) is 0 Å². The lowest BCUT2D eigenvalue weighted by molar-refractivity contribution is -0.129. The summed E-state index contributed by atoms with van der Waals surface area (Å²) in [5.74, 6) is 1.66. The Morgan fingerprint density at radius 2 is 1.85 bits per heavy atom. The predicted octanol–water partition coefficient (Wildman–Crippen LogP) is 1.70. The minimum atomic E-state index is 0.0737. The number of amides is 1. The molecule has 5 unspecified atom stereocenters. The number of nitrogens with two attached hydrogens (primary N) is 1. The molecule has 118 valence electrons. The SMILES string of the molecule is CC(C)C(CN(C)C)NC(=O)C1CC(N)C(C)CC1C. The van der Waals surface area contributed by atoms with Gasteiger partial charge in [-0.25, -0.2) is 0 Å². The average Bonchev–Trinajstić information content (AvgIpc) is 2.32. The fourth-order valence-electron chi connectivity index (χ4n) is 3.16. The van der Waals surface area contributed by atoms with Crippen molar-refractivity contribution >= 4 is 5.91 Å². The normalized spacial score (nSPS) is 32.5. The predicted molar refractivity (Wildman–Crippen MR) is 84.4 cm³/mol. The van der Waals surface area contributed by atoms with Gasteiger partial charge in [0.25, 0.3) is 0 Å². The van der Waals surface area contributed by atoms with Gasteiger partial charge in [-0.1, -0.05) is 27.7 Å². The maximum Gasteiger partial charge on any atom is 0.223 e. The van der Waals surface area contributed by atoms with Crippen molar-refractivity contribution in [3.63, 3.8) is 0 Å². The molecule has 1 aliphatic carbocycles. The van der Waals surface area contributed by atoms with E-state index in [1.165, 1.54) is 0 Å². The van der Waals surface area contributed by atoms with E-state index in [4.69, 9.17) is 5.73 Å². The second-order valence-electron chi connectivity index (χ2n) is 7.32. The zero-order valence-corrected chi connectivity index (χ0v) is 14.0. The van der Waals surface area contributed by atoms with Gasteiger partial charge in [-0.05, 0) is 44.7 Å². The molecule has 3 N–H and O–H groups in total. The second-order valence-corrected chi connectivity index (χ2v) is 7.32. The molecule has 0 saturated heterocycles. The number of carbonyl (C=O) groups is 1. The number of likely N-dealkylation sites (N-methyl/N-ethyl adjacent to an activating group) is 1. The van der Waals surface area contributed by atoms with Crippen molar-refractivity contribution in [1.29, 1.82) is 0 Å². The highest BCUT2D eigenvalue weighted by molar-refractivity contribution is 5.79. The standard InChI is InChI=1S/C16H33N3O/c1-10(2)15(9-19(5)6)18-16(20)13-8-14(17)12(4)7-11(13)3/h10-15H,7-9,17H2,1-6H3,(H,18,20). The Morgan fingerprint density at radius 3 is 2.35 bits per heavy atom. The molecular weight excluding hydrogens is 250 g/mol. The minimum Gasteiger partial charge on any atom is -0.352 e. The van der Waals surface area contributed by atoms with Crippen molar-refractivity contribution in [3.05, 3.63) is 0 Å². The second kappa shape index (κ2) is 7.41. The number of hydrogen-bond donors (Lipinski definition) is 2. The molecule has 0 aromatic heterocycles. The van der Waals surface area contributed by atoms with Gasteiger partial charge in [-0.3, -0.25) is 4.79 Å². The van der Waals surface area contributed by atoms with Crippen LogP contribution in [0.15, 0.2) is 0 Å². The summed E-state index contributed by atoms with van der Waals surface area (Å²) in [6.07, 6.45) is 1.88. The number of carbonyl (C=O) groups excluding carboxylic acids is 1. The van der Waals surface area contributed by atoms with Crippen LogP contribution in [-0.4, -0.2) is 43.5 Å². The number of nitrogens with zero attached hydrogens (tertiary/aromatic N) is 1. The Labute approximate surface area is 124 Å². The highest BCUT2D eigenvalue weighted by Crippen LogP contribution is 2.33. The molecular formula is C16H33N3O. The van der Waals surface area contributed by atoms with Crippen LogP contribution in [0.1, 0.15) is 40.5 Å². The van der Waals surface area contributed by atoms with Crippen molar-refractivity contribution < 1.29 is 4.79 Å². The van der Waals surface area contributed by atoms with Crippen molar-refractivity contribution in [2.45, 2.75) is 52.6 Å². The highest BCUT2D eigenvalue weighted by Gasteiger charge is 2.35. The summed E-state index contributed by atoms with van der Waals surface area (Å²) in [5, 5.41) is 3.25. The molecule has 1 amide bonds. The van der Waals surface area contributed by atoms with Gasteiger partial charge in [0, 0.05) is 24.5 Å². The lowest BCUT2D eigenvalue weighted by Gasteiger charge is -2.37. The maximum absolute atomic E-state index is 12.6. The van der Waals surface area contributed by atoms with E-state index in [2.05, 4.69) is 37.9 Å². The van der Waals surface area contributed by atoms with Crippen LogP contribution in [0.25, 0.3) is 0 Å². The van der Waals surface area contributed by atoms with Gasteiger partial charge in [0.15, 0.2) is 0 Å². The first-order valence-corrected chi connectivity index (χ1v) is 7.93. The topological polar surface area (TPSA) is 58.4 Å². The van der Waals surface area contributed by atoms with E-state index in [1.807, 2.05) is 14.1 Å². The first kappa shape index (κ1) is 17.4. The number of nitrogens with one attached hydrogen (secondary N) is 1. The molecule has 0 spiro atoms. The largest absolute Gasteiger partial charge is 0.352 e. The van der Waals surface area contributed by atoms with Crippen LogP contribution in [0.4, 0.5) is 0 Å². The van der Waals surface area contributed by atoms with E-state index in [0.717, 1.165) is 19.4 Å². The Bertz CT molecular complexity index is 317. The Hall–Kier alpha value is -0.610. The van der Waals surface area contributed by atoms with E-state index >= 15 is 0 Å². The quantitative estimate of drug-likeness (QED) is 0.807. The maximum atomic E-state index is 12.6.